The molecule has 5 nitrogen and oxygen atoms in total. The van der Waals surface area contributed by atoms with Crippen LogP contribution in [0, 0.1) is 18.6 Å². The molecular formula is C21H13Cl2F2N3O2S. The third-order valence-electron chi connectivity index (χ3n) is 4.67. The Morgan fingerprint density at radius 1 is 1.16 bits per heavy atom. The molecule has 0 aliphatic rings. The van der Waals surface area contributed by atoms with Crippen LogP contribution in [0.1, 0.15) is 20.9 Å². The first-order chi connectivity index (χ1) is 14.7. The molecule has 0 aliphatic heterocycles. The Labute approximate surface area is 188 Å². The number of carbonyl (C=O) groups excluding carboxylic acids is 1. The molecule has 4 aromatic rings. The highest BCUT2D eigenvalue weighted by Gasteiger charge is 2.25. The van der Waals surface area contributed by atoms with E-state index in [-0.39, 0.29) is 26.4 Å². The van der Waals surface area contributed by atoms with Crippen molar-refractivity contribution in [2.24, 2.45) is 0 Å². The van der Waals surface area contributed by atoms with Crippen molar-refractivity contribution in [2.75, 3.05) is 4.90 Å². The van der Waals surface area contributed by atoms with Gasteiger partial charge in [0.05, 0.1) is 22.8 Å². The number of para-hydroxylation sites is 1. The van der Waals surface area contributed by atoms with E-state index in [1.54, 1.807) is 13.0 Å². The van der Waals surface area contributed by atoms with E-state index in [1.165, 1.54) is 35.2 Å². The van der Waals surface area contributed by atoms with Crippen molar-refractivity contribution in [1.82, 2.24) is 9.97 Å². The van der Waals surface area contributed by atoms with Crippen molar-refractivity contribution >= 4 is 57.0 Å². The predicted octanol–water partition coefficient (Wildman–Crippen LogP) is 5.73. The number of benzene rings is 2. The molecule has 1 amide bonds. The van der Waals surface area contributed by atoms with Crippen molar-refractivity contribution in [3.05, 3.63) is 90.1 Å². The van der Waals surface area contributed by atoms with Gasteiger partial charge in [0.2, 0.25) is 5.56 Å². The zero-order chi connectivity index (χ0) is 22.3. The molecule has 4 rings (SSSR count). The number of aromatic nitrogens is 2. The molecule has 31 heavy (non-hydrogen) atoms. The van der Waals surface area contributed by atoms with Crippen LogP contribution in [0.3, 0.4) is 0 Å². The fourth-order valence-electron chi connectivity index (χ4n) is 3.23. The summed E-state index contributed by atoms with van der Waals surface area (Å²) in [6, 6.07) is 9.51. The summed E-state index contributed by atoms with van der Waals surface area (Å²) in [4.78, 5) is 33.7. The highest BCUT2D eigenvalue weighted by Crippen LogP contribution is 2.30. The van der Waals surface area contributed by atoms with Crippen LogP contribution in [-0.2, 0) is 6.54 Å². The minimum Gasteiger partial charge on any atom is -0.319 e. The van der Waals surface area contributed by atoms with Crippen LogP contribution >= 0.6 is 34.5 Å². The van der Waals surface area contributed by atoms with Gasteiger partial charge < -0.3 is 9.88 Å². The molecule has 0 unspecified atom stereocenters. The molecule has 0 fully saturated rings. The van der Waals surface area contributed by atoms with E-state index < -0.39 is 23.1 Å². The van der Waals surface area contributed by atoms with Gasteiger partial charge in [-0.25, -0.2) is 13.8 Å². The molecule has 1 N–H and O–H groups in total. The Morgan fingerprint density at radius 3 is 2.61 bits per heavy atom. The smallest absolute Gasteiger partial charge is 0.270 e. The van der Waals surface area contributed by atoms with E-state index in [0.717, 1.165) is 17.4 Å². The van der Waals surface area contributed by atoms with Gasteiger partial charge in [0.1, 0.15) is 16.5 Å². The molecule has 0 atom stereocenters. The van der Waals surface area contributed by atoms with Gasteiger partial charge in [-0.2, -0.15) is 0 Å². The predicted molar refractivity (Wildman–Crippen MR) is 118 cm³/mol. The monoisotopic (exact) mass is 479 g/mol. The normalized spacial score (nSPS) is 11.1. The average molecular weight is 480 g/mol. The van der Waals surface area contributed by atoms with Crippen LogP contribution in [0.25, 0.3) is 10.9 Å². The number of rotatable bonds is 4. The molecular weight excluding hydrogens is 467 g/mol. The van der Waals surface area contributed by atoms with Gasteiger partial charge in [0.15, 0.2) is 4.47 Å². The van der Waals surface area contributed by atoms with E-state index in [4.69, 9.17) is 23.2 Å². The van der Waals surface area contributed by atoms with Crippen molar-refractivity contribution in [2.45, 2.75) is 13.5 Å². The average Bonchev–Trinajstić information content (AvgIpc) is 3.06. The zero-order valence-corrected chi connectivity index (χ0v) is 18.2. The van der Waals surface area contributed by atoms with Crippen LogP contribution in [-0.4, -0.2) is 15.9 Å². The topological polar surface area (TPSA) is 66.1 Å². The molecule has 0 radical (unpaired) electrons. The number of nitrogens with zero attached hydrogens (tertiary/aromatic N) is 2. The molecule has 10 heteroatoms. The van der Waals surface area contributed by atoms with Gasteiger partial charge in [0, 0.05) is 17.1 Å². The van der Waals surface area contributed by atoms with Crippen LogP contribution in [0.5, 0.6) is 0 Å². The van der Waals surface area contributed by atoms with E-state index in [0.29, 0.717) is 22.3 Å². The number of hydrogen-bond donors (Lipinski definition) is 1. The molecule has 2 aromatic heterocycles. The van der Waals surface area contributed by atoms with Crippen LogP contribution < -0.4 is 10.5 Å². The summed E-state index contributed by atoms with van der Waals surface area (Å²) in [6.07, 6.45) is 0. The van der Waals surface area contributed by atoms with Crippen LogP contribution in [0.2, 0.25) is 9.49 Å². The third kappa shape index (κ3) is 4.19. The summed E-state index contributed by atoms with van der Waals surface area (Å²) >= 11 is 12.9. The molecule has 158 valence electrons. The minimum absolute atomic E-state index is 0.0338. The standard InChI is InChI=1S/C21H13Cl2F2N3O2S/c1-10-19(31-21(23)26-10)20(30)28(12-5-6-15(24)14(22)8-12)9-11-7-17(29)27-18-13(11)3-2-4-16(18)25/h2-8H,9H2,1H3,(H,27,29). The molecule has 0 aliphatic carbocycles. The third-order valence-corrected chi connectivity index (χ3v) is 6.21. The van der Waals surface area contributed by atoms with E-state index >= 15 is 0 Å². The summed E-state index contributed by atoms with van der Waals surface area (Å²) in [5, 5.41) is 0.265. The number of aryl methyl sites for hydroxylation is 1. The Kier molecular flexibility index (Phi) is 5.79. The Balaban J connectivity index is 1.88. The summed E-state index contributed by atoms with van der Waals surface area (Å²) in [5.41, 5.74) is 0.645. The quantitative estimate of drug-likeness (QED) is 0.406. The summed E-state index contributed by atoms with van der Waals surface area (Å²) in [6.45, 7) is 1.54. The van der Waals surface area contributed by atoms with Gasteiger partial charge in [-0.1, -0.05) is 46.7 Å². The minimum atomic E-state index is -0.640. The second-order valence-electron chi connectivity index (χ2n) is 6.69. The summed E-state index contributed by atoms with van der Waals surface area (Å²) in [7, 11) is 0. The molecule has 0 spiro atoms. The molecule has 2 aromatic carbocycles. The lowest BCUT2D eigenvalue weighted by Crippen LogP contribution is -2.31. The summed E-state index contributed by atoms with van der Waals surface area (Å²) < 4.78 is 28.2. The maximum atomic E-state index is 14.3. The van der Waals surface area contributed by atoms with Gasteiger partial charge in [-0.05, 0) is 36.8 Å². The Morgan fingerprint density at radius 2 is 1.94 bits per heavy atom. The lowest BCUT2D eigenvalue weighted by Gasteiger charge is -2.23. The van der Waals surface area contributed by atoms with Gasteiger partial charge in [-0.15, -0.1) is 0 Å². The lowest BCUT2D eigenvalue weighted by molar-refractivity contribution is 0.0988. The second-order valence-corrected chi connectivity index (χ2v) is 8.68. The fourth-order valence-corrected chi connectivity index (χ4v) is 4.51. The highest BCUT2D eigenvalue weighted by atomic mass is 35.5. The first-order valence-electron chi connectivity index (χ1n) is 8.95. The number of anilines is 1. The molecule has 0 bridgehead atoms. The number of amides is 1. The fraction of sp³-hybridized carbons (Fsp3) is 0.0952. The van der Waals surface area contributed by atoms with Crippen LogP contribution in [0.4, 0.5) is 14.5 Å². The van der Waals surface area contributed by atoms with Crippen molar-refractivity contribution in [3.63, 3.8) is 0 Å². The molecule has 2 heterocycles. The largest absolute Gasteiger partial charge is 0.319 e. The van der Waals surface area contributed by atoms with E-state index in [2.05, 4.69) is 9.97 Å². The maximum absolute atomic E-state index is 14.3. The van der Waals surface area contributed by atoms with Crippen molar-refractivity contribution in [3.8, 4) is 0 Å². The maximum Gasteiger partial charge on any atom is 0.270 e. The highest BCUT2D eigenvalue weighted by molar-refractivity contribution is 7.17. The Hall–Kier alpha value is -2.81. The van der Waals surface area contributed by atoms with Crippen LogP contribution in [0.15, 0.2) is 47.3 Å². The van der Waals surface area contributed by atoms with Gasteiger partial charge in [-0.3, -0.25) is 9.59 Å². The van der Waals surface area contributed by atoms with Gasteiger partial charge in [0.25, 0.3) is 5.91 Å². The SMILES string of the molecule is Cc1nc(Cl)sc1C(=O)N(Cc1cc(=O)[nH]c2c(F)cccc12)c1ccc(F)c(Cl)c1. The first-order valence-corrected chi connectivity index (χ1v) is 10.5. The number of aromatic amines is 1. The second kappa shape index (κ2) is 8.37. The number of fused-ring (bicyclic) bond motifs is 1. The number of thiazole rings is 1. The number of nitrogens with one attached hydrogen (secondary N) is 1. The number of H-pyrrole nitrogens is 1. The van der Waals surface area contributed by atoms with Crippen molar-refractivity contribution < 1.29 is 13.6 Å². The number of halogens is 4. The van der Waals surface area contributed by atoms with Gasteiger partial charge >= 0.3 is 0 Å². The Bertz CT molecular complexity index is 1390. The van der Waals surface area contributed by atoms with Crippen molar-refractivity contribution in [1.29, 1.82) is 0 Å². The van der Waals surface area contributed by atoms with E-state index in [9.17, 15) is 18.4 Å². The number of hydrogen-bond acceptors (Lipinski definition) is 4. The summed E-state index contributed by atoms with van der Waals surface area (Å²) in [5.74, 6) is -1.70. The lowest BCUT2D eigenvalue weighted by atomic mass is 10.1. The zero-order valence-electron chi connectivity index (χ0n) is 15.9. The van der Waals surface area contributed by atoms with E-state index in [1.807, 2.05) is 0 Å². The molecule has 0 saturated heterocycles. The number of carbonyl (C=O) groups is 1. The molecule has 0 saturated carbocycles. The number of pyridine rings is 1. The first kappa shape index (κ1) is 21.4.